The first-order valence-corrected chi connectivity index (χ1v) is 8.79. The third-order valence-corrected chi connectivity index (χ3v) is 4.60. The van der Waals surface area contributed by atoms with Gasteiger partial charge in [0.15, 0.2) is 0 Å². The van der Waals surface area contributed by atoms with Crippen molar-refractivity contribution in [1.82, 2.24) is 29.6 Å². The average Bonchev–Trinajstić information content (AvgIpc) is 3.24. The third-order valence-electron chi connectivity index (χ3n) is 4.60. The SMILES string of the molecule is [Ag+].[CH]1N2C=CN1Cc1cccc(n1)CN1[CH]N(C=C1)Cc1cccc(n1)C2.[OH-]. The quantitative estimate of drug-likeness (QED) is 0.549. The molecule has 0 atom stereocenters. The normalized spacial score (nSPS) is 17.4. The minimum absolute atomic E-state index is 0. The molecule has 8 heteroatoms. The summed E-state index contributed by atoms with van der Waals surface area (Å²) in [5.74, 6) is 0. The van der Waals surface area contributed by atoms with Crippen molar-refractivity contribution in [3.63, 3.8) is 0 Å². The Kier molecular flexibility index (Phi) is 6.41. The van der Waals surface area contributed by atoms with E-state index >= 15 is 0 Å². The van der Waals surface area contributed by atoms with Gasteiger partial charge in [-0.25, -0.2) is 0 Å². The second-order valence-electron chi connectivity index (χ2n) is 6.76. The largest absolute Gasteiger partial charge is 1.00 e. The molecule has 1 N–H and O–H groups in total. The van der Waals surface area contributed by atoms with Crippen LogP contribution in [0.15, 0.2) is 61.2 Å². The van der Waals surface area contributed by atoms with Gasteiger partial charge in [-0.2, -0.15) is 0 Å². The van der Waals surface area contributed by atoms with Crippen LogP contribution in [0, 0.1) is 13.3 Å². The van der Waals surface area contributed by atoms with Gasteiger partial charge in [0.25, 0.3) is 0 Å². The van der Waals surface area contributed by atoms with Gasteiger partial charge in [0.1, 0.15) is 13.3 Å². The summed E-state index contributed by atoms with van der Waals surface area (Å²) >= 11 is 0. The van der Waals surface area contributed by atoms with Crippen LogP contribution >= 0.6 is 0 Å². The summed E-state index contributed by atoms with van der Waals surface area (Å²) in [6.45, 7) is 7.28. The van der Waals surface area contributed by atoms with Crippen molar-refractivity contribution < 1.29 is 27.9 Å². The van der Waals surface area contributed by atoms with Gasteiger partial charge in [-0.3, -0.25) is 9.97 Å². The predicted octanol–water partition coefficient (Wildman–Crippen LogP) is 2.43. The van der Waals surface area contributed by atoms with Crippen LogP contribution in [-0.4, -0.2) is 35.0 Å². The van der Waals surface area contributed by atoms with Crippen LogP contribution in [0.25, 0.3) is 0 Å². The summed E-state index contributed by atoms with van der Waals surface area (Å²) in [4.78, 5) is 18.3. The van der Waals surface area contributed by atoms with Crippen LogP contribution in [0.1, 0.15) is 22.8 Å². The Balaban J connectivity index is 0.00000112. The van der Waals surface area contributed by atoms with Crippen molar-refractivity contribution in [1.29, 1.82) is 0 Å². The van der Waals surface area contributed by atoms with E-state index in [4.69, 9.17) is 9.97 Å². The predicted molar refractivity (Wildman–Crippen MR) is 99.5 cm³/mol. The van der Waals surface area contributed by atoms with Gasteiger partial charge in [0, 0.05) is 24.8 Å². The molecule has 0 fully saturated rings. The zero-order valence-corrected chi connectivity index (χ0v) is 16.7. The molecule has 0 amide bonds. The maximum Gasteiger partial charge on any atom is 1.00 e. The first-order valence-electron chi connectivity index (χ1n) is 8.79. The summed E-state index contributed by atoms with van der Waals surface area (Å²) in [6, 6.07) is 12.5. The molecular formula is C20H21AgN6O. The van der Waals surface area contributed by atoms with E-state index in [1.807, 2.05) is 0 Å². The Morgan fingerprint density at radius 2 is 0.821 bits per heavy atom. The maximum atomic E-state index is 4.82. The van der Waals surface area contributed by atoms with Crippen LogP contribution in [0.3, 0.4) is 0 Å². The van der Waals surface area contributed by atoms with E-state index in [0.29, 0.717) is 0 Å². The fourth-order valence-corrected chi connectivity index (χ4v) is 3.41. The van der Waals surface area contributed by atoms with Crippen LogP contribution in [0.4, 0.5) is 0 Å². The smallest absolute Gasteiger partial charge is 0.870 e. The van der Waals surface area contributed by atoms with Crippen molar-refractivity contribution in [2.75, 3.05) is 0 Å². The Labute approximate surface area is 180 Å². The molecule has 5 rings (SSSR count). The summed E-state index contributed by atoms with van der Waals surface area (Å²) in [5.41, 5.74) is 4.27. The fourth-order valence-electron chi connectivity index (χ4n) is 3.41. The molecule has 2 radical (unpaired) electrons. The molecule has 28 heavy (non-hydrogen) atoms. The fraction of sp³-hybridized carbons (Fsp3) is 0.200. The molecule has 7 nitrogen and oxygen atoms in total. The van der Waals surface area contributed by atoms with Crippen LogP contribution in [0.2, 0.25) is 0 Å². The molecule has 2 aromatic rings. The molecule has 3 aliphatic heterocycles. The van der Waals surface area contributed by atoms with E-state index in [1.165, 1.54) is 0 Å². The van der Waals surface area contributed by atoms with Gasteiger partial charge in [-0.1, -0.05) is 12.1 Å². The van der Waals surface area contributed by atoms with E-state index in [9.17, 15) is 0 Å². The Morgan fingerprint density at radius 1 is 0.536 bits per heavy atom. The zero-order valence-electron chi connectivity index (χ0n) is 15.2. The van der Waals surface area contributed by atoms with Gasteiger partial charge in [0.05, 0.1) is 49.0 Å². The summed E-state index contributed by atoms with van der Waals surface area (Å²) in [5, 5.41) is 0. The van der Waals surface area contributed by atoms with Gasteiger partial charge < -0.3 is 25.1 Å². The minimum Gasteiger partial charge on any atom is -0.870 e. The van der Waals surface area contributed by atoms with Crippen molar-refractivity contribution in [3.8, 4) is 0 Å². The number of hydrogen-bond donors (Lipinski definition) is 0. The number of hydrogen-bond acceptors (Lipinski definition) is 7. The van der Waals surface area contributed by atoms with Gasteiger partial charge in [-0.15, -0.1) is 0 Å². The van der Waals surface area contributed by atoms with Crippen molar-refractivity contribution in [3.05, 3.63) is 97.3 Å². The second kappa shape index (κ2) is 8.79. The van der Waals surface area contributed by atoms with Gasteiger partial charge in [0.2, 0.25) is 0 Å². The van der Waals surface area contributed by atoms with Crippen LogP contribution in [0.5, 0.6) is 0 Å². The average molecular weight is 469 g/mol. The molecule has 0 unspecified atom stereocenters. The van der Waals surface area contributed by atoms with E-state index < -0.39 is 0 Å². The number of fused-ring (bicyclic) bond motifs is 8. The van der Waals surface area contributed by atoms with Crippen molar-refractivity contribution in [2.24, 2.45) is 0 Å². The molecule has 148 valence electrons. The van der Waals surface area contributed by atoms with E-state index in [2.05, 4.69) is 94.1 Å². The molecule has 0 aromatic carbocycles. The monoisotopic (exact) mass is 468 g/mol. The third kappa shape index (κ3) is 4.56. The first kappa shape index (κ1) is 20.4. The summed E-state index contributed by atoms with van der Waals surface area (Å²) in [6.07, 6.45) is 8.35. The molecule has 3 aliphatic rings. The standard InChI is InChI=1S/C20H20N6.Ag.H2O/c1-3-17-11-23-7-9-25(15-23)13-19-5-2-6-20(22-19)14-26-10-8-24(16-26)12-18(4-1)21-17;;/h1-10,15-16H,11-14H2;;1H2/q;+1;/p-1. The van der Waals surface area contributed by atoms with E-state index in [0.717, 1.165) is 49.0 Å². The number of nitrogens with zero attached hydrogens (tertiary/aromatic N) is 6. The summed E-state index contributed by atoms with van der Waals surface area (Å²) < 4.78 is 0. The number of aromatic nitrogens is 2. The molecular weight excluding hydrogens is 448 g/mol. The molecule has 0 saturated carbocycles. The van der Waals surface area contributed by atoms with Crippen molar-refractivity contribution in [2.45, 2.75) is 26.2 Å². The number of pyridine rings is 2. The molecule has 8 bridgehead atoms. The van der Waals surface area contributed by atoms with Crippen LogP contribution in [-0.2, 0) is 48.6 Å². The van der Waals surface area contributed by atoms with Gasteiger partial charge >= 0.3 is 22.4 Å². The zero-order chi connectivity index (χ0) is 17.3. The Bertz CT molecular complexity index is 743. The number of rotatable bonds is 0. The molecule has 0 saturated heterocycles. The summed E-state index contributed by atoms with van der Waals surface area (Å²) in [7, 11) is 0. The molecule has 5 heterocycles. The topological polar surface area (TPSA) is 68.7 Å². The minimum atomic E-state index is 0. The Hall–Kier alpha value is -2.32. The second-order valence-corrected chi connectivity index (χ2v) is 6.76. The van der Waals surface area contributed by atoms with E-state index in [1.54, 1.807) is 0 Å². The first-order chi connectivity index (χ1) is 12.8. The molecule has 2 aromatic heterocycles. The van der Waals surface area contributed by atoms with Crippen LogP contribution < -0.4 is 0 Å². The van der Waals surface area contributed by atoms with Gasteiger partial charge in [-0.05, 0) is 24.3 Å². The molecule has 0 aliphatic carbocycles. The van der Waals surface area contributed by atoms with E-state index in [-0.39, 0.29) is 27.9 Å². The Morgan fingerprint density at radius 3 is 1.11 bits per heavy atom. The maximum absolute atomic E-state index is 4.82. The van der Waals surface area contributed by atoms with Crippen molar-refractivity contribution >= 4 is 0 Å². The molecule has 0 spiro atoms.